The van der Waals surface area contributed by atoms with Gasteiger partial charge in [-0.15, -0.1) is 0 Å². The first-order chi connectivity index (χ1) is 38.3. The molecule has 0 aromatic carbocycles. The van der Waals surface area contributed by atoms with E-state index in [-0.39, 0.29) is 31.6 Å². The van der Waals surface area contributed by atoms with Crippen molar-refractivity contribution in [3.8, 4) is 0 Å². The van der Waals surface area contributed by atoms with Crippen molar-refractivity contribution in [2.24, 2.45) is 17.8 Å². The molecule has 4 aliphatic rings. The summed E-state index contributed by atoms with van der Waals surface area (Å²) in [4.78, 5) is 63.0. The lowest BCUT2D eigenvalue weighted by molar-refractivity contribution is -0.344. The normalized spacial score (nSPS) is 39.3. The second-order valence-electron chi connectivity index (χ2n) is 22.3. The molecule has 12 N–H and O–H groups in total. The van der Waals surface area contributed by atoms with E-state index in [4.69, 9.17) is 62.7 Å². The van der Waals surface area contributed by atoms with E-state index in [1.807, 2.05) is 20.8 Å². The lowest BCUT2D eigenvalue weighted by Gasteiger charge is -2.50. The van der Waals surface area contributed by atoms with Gasteiger partial charge in [0.2, 0.25) is 0 Å². The highest BCUT2D eigenvalue weighted by molar-refractivity contribution is 5.73. The Morgan fingerprint density at radius 2 is 1.52 bits per heavy atom. The van der Waals surface area contributed by atoms with Crippen LogP contribution < -0.4 is 0 Å². The van der Waals surface area contributed by atoms with Gasteiger partial charge in [0.1, 0.15) is 85.1 Å². The summed E-state index contributed by atoms with van der Waals surface area (Å²) < 4.78 is 58.5. The van der Waals surface area contributed by atoms with E-state index >= 15 is 0 Å². The minimum absolute atomic E-state index is 0.0460. The summed E-state index contributed by atoms with van der Waals surface area (Å²) in [6.45, 7) is 11.8. The van der Waals surface area contributed by atoms with Crippen molar-refractivity contribution < 1.29 is 133 Å². The molecule has 0 aliphatic carbocycles. The van der Waals surface area contributed by atoms with Crippen LogP contribution in [0.2, 0.25) is 0 Å². The number of esters is 3. The molecule has 4 rings (SSSR count). The van der Waals surface area contributed by atoms with E-state index in [2.05, 4.69) is 0 Å². The lowest BCUT2D eigenvalue weighted by atomic mass is 9.82. The number of carbonyl (C=O) groups excluding carboxylic acids is 4. The van der Waals surface area contributed by atoms with Crippen LogP contribution in [-0.2, 0) is 71.3 Å². The summed E-state index contributed by atoms with van der Waals surface area (Å²) in [5, 5.41) is 119. The molecule has 82 heavy (non-hydrogen) atoms. The van der Waals surface area contributed by atoms with Crippen LogP contribution in [0.15, 0.2) is 24.3 Å². The molecule has 0 aromatic heterocycles. The lowest BCUT2D eigenvalue weighted by Crippen LogP contribution is -2.66. The van der Waals surface area contributed by atoms with E-state index in [1.54, 1.807) is 71.0 Å². The number of carboxylic acids is 1. The van der Waals surface area contributed by atoms with Gasteiger partial charge in [0, 0.05) is 39.7 Å². The predicted octanol–water partition coefficient (Wildman–Crippen LogP) is -2.66. The van der Waals surface area contributed by atoms with Crippen molar-refractivity contribution in [3.63, 3.8) is 0 Å². The van der Waals surface area contributed by atoms with Gasteiger partial charge in [-0.05, 0) is 66.0 Å². The maximum Gasteiger partial charge on any atom is 0.335 e. The van der Waals surface area contributed by atoms with Crippen LogP contribution in [0.25, 0.3) is 0 Å². The van der Waals surface area contributed by atoms with Gasteiger partial charge in [-0.25, -0.2) is 4.79 Å². The van der Waals surface area contributed by atoms with Crippen LogP contribution in [0.5, 0.6) is 0 Å². The molecule has 0 spiro atoms. The largest absolute Gasteiger partial charge is 0.479 e. The van der Waals surface area contributed by atoms with Crippen LogP contribution >= 0.6 is 0 Å². The second kappa shape index (κ2) is 33.8. The Kier molecular flexibility index (Phi) is 29.9. The van der Waals surface area contributed by atoms with E-state index < -0.39 is 196 Å². The molecule has 0 aromatic rings. The zero-order chi connectivity index (χ0) is 62.1. The monoisotopic (exact) mass is 1190 g/mol. The van der Waals surface area contributed by atoms with E-state index in [9.17, 15) is 69.9 Å². The zero-order valence-corrected chi connectivity index (χ0v) is 48.4. The Hall–Kier alpha value is -3.73. The number of aldehydes is 1. The van der Waals surface area contributed by atoms with Gasteiger partial charge in [-0.2, -0.15) is 0 Å². The molecule has 0 saturated carbocycles. The molecule has 0 radical (unpaired) electrons. The zero-order valence-electron chi connectivity index (χ0n) is 48.4. The van der Waals surface area contributed by atoms with Crippen molar-refractivity contribution in [3.05, 3.63) is 24.3 Å². The van der Waals surface area contributed by atoms with Gasteiger partial charge in [-0.1, -0.05) is 45.1 Å². The van der Waals surface area contributed by atoms with E-state index in [0.29, 0.717) is 12.7 Å². The fourth-order valence-corrected chi connectivity index (χ4v) is 10.2. The fraction of sp³-hybridized carbons (Fsp3) is 0.833. The van der Waals surface area contributed by atoms with Crippen LogP contribution in [0.4, 0.5) is 0 Å². The van der Waals surface area contributed by atoms with E-state index in [1.165, 1.54) is 14.0 Å². The Morgan fingerprint density at radius 1 is 0.866 bits per heavy atom. The molecule has 0 bridgehead atoms. The second-order valence-corrected chi connectivity index (χ2v) is 22.3. The predicted molar refractivity (Wildman–Crippen MR) is 281 cm³/mol. The fourth-order valence-electron chi connectivity index (χ4n) is 10.2. The highest BCUT2D eigenvalue weighted by atomic mass is 16.7. The molecule has 0 amide bonds. The third-order valence-corrected chi connectivity index (χ3v) is 14.5. The Morgan fingerprint density at radius 3 is 2.07 bits per heavy atom. The van der Waals surface area contributed by atoms with Crippen LogP contribution in [0.1, 0.15) is 93.9 Å². The first-order valence-electron chi connectivity index (χ1n) is 27.4. The van der Waals surface area contributed by atoms with Crippen LogP contribution in [0, 0.1) is 17.8 Å². The summed E-state index contributed by atoms with van der Waals surface area (Å²) in [6.07, 6.45) is -21.0. The highest BCUT2D eigenvalue weighted by Gasteiger charge is 2.54. The summed E-state index contributed by atoms with van der Waals surface area (Å²) in [7, 11) is 4.86. The highest BCUT2D eigenvalue weighted by Crippen LogP contribution is 2.38. The number of nitrogens with zero attached hydrogens (tertiary/aromatic N) is 1. The summed E-state index contributed by atoms with van der Waals surface area (Å²) in [5.41, 5.74) is -1.50. The van der Waals surface area contributed by atoms with Gasteiger partial charge < -0.3 is 118 Å². The molecule has 3 fully saturated rings. The molecule has 3 saturated heterocycles. The van der Waals surface area contributed by atoms with Crippen LogP contribution in [-0.4, -0.2) is 271 Å². The van der Waals surface area contributed by atoms with Crippen molar-refractivity contribution >= 4 is 30.2 Å². The molecule has 1 unspecified atom stereocenters. The average Bonchev–Trinajstić information content (AvgIpc) is 3.58. The van der Waals surface area contributed by atoms with Gasteiger partial charge in [0.15, 0.2) is 31.1 Å². The molecule has 28 nitrogen and oxygen atoms in total. The van der Waals surface area contributed by atoms with Crippen LogP contribution in [0.3, 0.4) is 0 Å². The first-order valence-corrected chi connectivity index (χ1v) is 27.4. The molecular weight excluding hydrogens is 1090 g/mol. The Labute approximate surface area is 477 Å². The number of hydrogen-bond acceptors (Lipinski definition) is 27. The molecule has 474 valence electrons. The SMILES string of the molecule is CO[C@@H]1[C@@H](OC2O[C@H](C)[C@@H](O[C@H]3C[C@@](C)(O)[C@@H](OC(=O)CC(C)C)[C@H](C)O3)[C@H](N(C)C)[C@H]2O)[C@@H](CC=O)C[C@@H](C)[C@@H](O)/C=C/C=C/C[C@@H](C)OC(=O)C[C@@H]1OC(C)=O.O=C(O)[C@H](O)[C@@H](O)[C@H](O[C@@H]1O[C@H](CO)[C@H](O)[C@H](O)[C@H]1O)[C@H](O)CO. The van der Waals surface area contributed by atoms with Crippen molar-refractivity contribution in [1.82, 2.24) is 4.90 Å². The minimum Gasteiger partial charge on any atom is -0.479 e. The van der Waals surface area contributed by atoms with Crippen molar-refractivity contribution in [2.75, 3.05) is 34.4 Å². The minimum atomic E-state index is -2.39. The number of likely N-dealkylation sites (N-methyl/N-ethyl adjacent to an activating group) is 1. The van der Waals surface area contributed by atoms with Gasteiger partial charge >= 0.3 is 23.9 Å². The number of allylic oxidation sites excluding steroid dienone is 2. The third-order valence-electron chi connectivity index (χ3n) is 14.5. The number of carbonyl (C=O) groups is 5. The molecule has 28 heteroatoms. The van der Waals surface area contributed by atoms with E-state index in [0.717, 1.165) is 0 Å². The average molecular weight is 1190 g/mol. The summed E-state index contributed by atoms with van der Waals surface area (Å²) in [6, 6.07) is -0.782. The van der Waals surface area contributed by atoms with Crippen molar-refractivity contribution in [2.45, 2.75) is 234 Å². The standard InChI is InChI=1S/C42H69NO15.C12H22O12/c1-23(2)19-32(47)56-40-27(6)53-34(22-42(40,8)50)57-37-26(5)54-41(36(49)35(37)43(9)10)58-38-29(17-18-44)20-24(3)30(46)16-14-12-13-15-25(4)52-33(48)21-31(39(38)51-11)55-28(7)45;13-1-3(15)10(7(18)8(19)11(21)22)24-12-9(20)6(17)5(16)4(2-14)23-12/h12-14,16,18,23-27,29-31,34-41,46,49-50H,15,17,19-22H2,1-11H3;3-10,12-20H,1-2H2,(H,21,22)/b13-12+,16-14+;/t24-,25-,26-,27+,29+,30+,31+,34+,35-,36-,37-,38+,39+,40+,41?,42-;3-,4-,5+,6+,7-,8-,9-,10-,12+/m11/s1. The topological polar surface area (TPSA) is 424 Å². The summed E-state index contributed by atoms with van der Waals surface area (Å²) in [5.74, 6) is -4.66. The number of aliphatic hydroxyl groups is 11. The maximum atomic E-state index is 13.2. The Bertz CT molecular complexity index is 2030. The molecular formula is C54H91NO27. The number of ether oxygens (including phenoxy) is 10. The number of methoxy groups -OCH3 is 1. The molecule has 25 atom stereocenters. The quantitative estimate of drug-likeness (QED) is 0.0336. The number of rotatable bonds is 20. The van der Waals surface area contributed by atoms with Gasteiger partial charge in [0.05, 0.1) is 50.1 Å². The number of aliphatic carboxylic acids is 1. The smallest absolute Gasteiger partial charge is 0.335 e. The Balaban J connectivity index is 0.000000612. The van der Waals surface area contributed by atoms with Gasteiger partial charge in [-0.3, -0.25) is 14.4 Å². The summed E-state index contributed by atoms with van der Waals surface area (Å²) >= 11 is 0. The number of cyclic esters (lactones) is 1. The molecule has 4 heterocycles. The third kappa shape index (κ3) is 20.8. The van der Waals surface area contributed by atoms with Crippen molar-refractivity contribution in [1.29, 1.82) is 0 Å². The maximum absolute atomic E-state index is 13.2. The number of hydrogen-bond donors (Lipinski definition) is 12. The molecule has 4 aliphatic heterocycles. The number of carboxylic acid groups (broad SMARTS) is 1. The van der Waals surface area contributed by atoms with Gasteiger partial charge in [0.25, 0.3) is 0 Å². The number of aliphatic hydroxyl groups excluding tert-OH is 10. The first kappa shape index (κ1) is 72.5.